The molecule has 3 heterocycles. The van der Waals surface area contributed by atoms with Gasteiger partial charge >= 0.3 is 0 Å². The molecule has 2 atom stereocenters. The van der Waals surface area contributed by atoms with E-state index in [1.54, 1.807) is 0 Å². The normalized spacial score (nSPS) is 28.7. The third-order valence-corrected chi connectivity index (χ3v) is 5.45. The molecule has 2 saturated heterocycles. The zero-order valence-corrected chi connectivity index (χ0v) is 13.0. The van der Waals surface area contributed by atoms with Crippen LogP contribution in [0.25, 0.3) is 10.9 Å². The number of hydrogen-bond donors (Lipinski definition) is 2. The molecular formula is C18H23N3O. The van der Waals surface area contributed by atoms with Crippen LogP contribution >= 0.6 is 0 Å². The summed E-state index contributed by atoms with van der Waals surface area (Å²) in [5, 5.41) is 4.34. The van der Waals surface area contributed by atoms with Crippen LogP contribution in [0.15, 0.2) is 30.3 Å². The van der Waals surface area contributed by atoms with E-state index in [0.717, 1.165) is 23.7 Å². The van der Waals surface area contributed by atoms with Gasteiger partial charge in [-0.2, -0.15) is 0 Å². The van der Waals surface area contributed by atoms with Crippen molar-refractivity contribution in [2.24, 2.45) is 0 Å². The highest BCUT2D eigenvalue weighted by Gasteiger charge is 2.36. The fourth-order valence-electron chi connectivity index (χ4n) is 4.19. The Morgan fingerprint density at radius 2 is 1.95 bits per heavy atom. The number of amides is 1. The quantitative estimate of drug-likeness (QED) is 0.895. The van der Waals surface area contributed by atoms with Crippen LogP contribution < -0.4 is 5.32 Å². The first kappa shape index (κ1) is 13.8. The Balaban J connectivity index is 1.48. The first-order valence-electron chi connectivity index (χ1n) is 8.31. The standard InChI is InChI=1S/C18H23N3O/c1-21-14-6-4-7-15(21)11-13(10-14)19-18(22)17-9-12-5-2-3-8-16(12)20-17/h2-3,5,8-9,13-15,20H,4,6-7,10-11H2,1H3,(H,19,22). The Hall–Kier alpha value is -1.81. The highest BCUT2D eigenvalue weighted by atomic mass is 16.1. The third-order valence-electron chi connectivity index (χ3n) is 5.45. The van der Waals surface area contributed by atoms with Gasteiger partial charge in [0, 0.05) is 29.0 Å². The predicted molar refractivity (Wildman–Crippen MR) is 88.0 cm³/mol. The fraction of sp³-hybridized carbons (Fsp3) is 0.500. The maximum Gasteiger partial charge on any atom is 0.267 e. The van der Waals surface area contributed by atoms with Crippen molar-refractivity contribution in [1.82, 2.24) is 15.2 Å². The summed E-state index contributed by atoms with van der Waals surface area (Å²) < 4.78 is 0. The molecule has 0 saturated carbocycles. The van der Waals surface area contributed by atoms with Crippen LogP contribution in [-0.2, 0) is 0 Å². The Bertz CT molecular complexity index is 645. The van der Waals surface area contributed by atoms with Crippen LogP contribution in [0.2, 0.25) is 0 Å². The van der Waals surface area contributed by atoms with Gasteiger partial charge < -0.3 is 15.2 Å². The minimum absolute atomic E-state index is 0.0313. The number of aromatic nitrogens is 1. The Morgan fingerprint density at radius 3 is 2.68 bits per heavy atom. The number of hydrogen-bond acceptors (Lipinski definition) is 2. The summed E-state index contributed by atoms with van der Waals surface area (Å²) in [5.41, 5.74) is 1.69. The highest BCUT2D eigenvalue weighted by molar-refractivity contribution is 5.98. The van der Waals surface area contributed by atoms with Crippen LogP contribution in [0.4, 0.5) is 0 Å². The molecule has 116 valence electrons. The molecule has 1 aromatic heterocycles. The molecule has 4 nitrogen and oxygen atoms in total. The first-order chi connectivity index (χ1) is 10.7. The van der Waals surface area contributed by atoms with E-state index in [9.17, 15) is 4.79 Å². The van der Waals surface area contributed by atoms with Crippen molar-refractivity contribution in [3.8, 4) is 0 Å². The van der Waals surface area contributed by atoms with Crippen molar-refractivity contribution < 1.29 is 4.79 Å². The number of piperidine rings is 2. The van der Waals surface area contributed by atoms with Gasteiger partial charge in [-0.1, -0.05) is 24.6 Å². The molecule has 2 fully saturated rings. The summed E-state index contributed by atoms with van der Waals surface area (Å²) in [6.45, 7) is 0. The molecule has 2 aliphatic heterocycles. The molecule has 2 aliphatic rings. The van der Waals surface area contributed by atoms with Gasteiger partial charge in [0.2, 0.25) is 0 Å². The maximum atomic E-state index is 12.5. The lowest BCUT2D eigenvalue weighted by molar-refractivity contribution is 0.0462. The van der Waals surface area contributed by atoms with E-state index in [2.05, 4.69) is 22.2 Å². The molecule has 4 rings (SSSR count). The lowest BCUT2D eigenvalue weighted by Crippen LogP contribution is -2.55. The molecule has 2 N–H and O–H groups in total. The van der Waals surface area contributed by atoms with Crippen LogP contribution in [-0.4, -0.2) is 41.0 Å². The molecule has 0 aliphatic carbocycles. The molecule has 4 heteroatoms. The summed E-state index contributed by atoms with van der Waals surface area (Å²) in [7, 11) is 2.24. The van der Waals surface area contributed by atoms with Crippen molar-refractivity contribution >= 4 is 16.8 Å². The number of carbonyl (C=O) groups is 1. The average molecular weight is 297 g/mol. The molecular weight excluding hydrogens is 274 g/mol. The number of H-pyrrole nitrogens is 1. The smallest absolute Gasteiger partial charge is 0.267 e. The van der Waals surface area contributed by atoms with Gasteiger partial charge in [-0.3, -0.25) is 4.79 Å². The summed E-state index contributed by atoms with van der Waals surface area (Å²) >= 11 is 0. The molecule has 2 bridgehead atoms. The van der Waals surface area contributed by atoms with Gasteiger partial charge in [-0.05, 0) is 44.9 Å². The van der Waals surface area contributed by atoms with Gasteiger partial charge in [0.15, 0.2) is 0 Å². The fourth-order valence-corrected chi connectivity index (χ4v) is 4.19. The van der Waals surface area contributed by atoms with E-state index in [1.165, 1.54) is 19.3 Å². The average Bonchev–Trinajstić information content (AvgIpc) is 2.92. The molecule has 2 unspecified atom stereocenters. The van der Waals surface area contributed by atoms with Crippen LogP contribution in [0.1, 0.15) is 42.6 Å². The van der Waals surface area contributed by atoms with E-state index in [4.69, 9.17) is 0 Å². The van der Waals surface area contributed by atoms with E-state index in [-0.39, 0.29) is 5.91 Å². The SMILES string of the molecule is CN1C2CCCC1CC(NC(=O)c1cc3ccccc3[nH]1)C2. The van der Waals surface area contributed by atoms with Gasteiger partial charge in [-0.15, -0.1) is 0 Å². The van der Waals surface area contributed by atoms with Gasteiger partial charge in [-0.25, -0.2) is 0 Å². The lowest BCUT2D eigenvalue weighted by Gasteiger charge is -2.47. The second-order valence-corrected chi connectivity index (χ2v) is 6.82. The van der Waals surface area contributed by atoms with Crippen LogP contribution in [0, 0.1) is 0 Å². The molecule has 1 amide bonds. The van der Waals surface area contributed by atoms with Crippen molar-refractivity contribution in [1.29, 1.82) is 0 Å². The summed E-state index contributed by atoms with van der Waals surface area (Å²) in [5.74, 6) is 0.0313. The topological polar surface area (TPSA) is 48.1 Å². The van der Waals surface area contributed by atoms with E-state index in [0.29, 0.717) is 23.8 Å². The van der Waals surface area contributed by atoms with Gasteiger partial charge in [0.25, 0.3) is 5.91 Å². The highest BCUT2D eigenvalue weighted by Crippen LogP contribution is 2.32. The summed E-state index contributed by atoms with van der Waals surface area (Å²) in [6.07, 6.45) is 6.04. The van der Waals surface area contributed by atoms with E-state index >= 15 is 0 Å². The molecule has 0 spiro atoms. The summed E-state index contributed by atoms with van der Waals surface area (Å²) in [6, 6.07) is 11.6. The minimum atomic E-state index is 0.0313. The second kappa shape index (κ2) is 5.43. The second-order valence-electron chi connectivity index (χ2n) is 6.82. The van der Waals surface area contributed by atoms with Crippen molar-refractivity contribution in [3.05, 3.63) is 36.0 Å². The third kappa shape index (κ3) is 2.41. The largest absolute Gasteiger partial charge is 0.351 e. The Labute approximate surface area is 130 Å². The minimum Gasteiger partial charge on any atom is -0.351 e. The number of fused-ring (bicyclic) bond motifs is 3. The first-order valence-corrected chi connectivity index (χ1v) is 8.31. The van der Waals surface area contributed by atoms with Crippen molar-refractivity contribution in [2.75, 3.05) is 7.05 Å². The number of carbonyl (C=O) groups excluding carboxylic acids is 1. The van der Waals surface area contributed by atoms with Crippen LogP contribution in [0.3, 0.4) is 0 Å². The number of nitrogens with one attached hydrogen (secondary N) is 2. The maximum absolute atomic E-state index is 12.5. The molecule has 2 aromatic rings. The molecule has 22 heavy (non-hydrogen) atoms. The Kier molecular flexibility index (Phi) is 3.41. The predicted octanol–water partition coefficient (Wildman–Crippen LogP) is 2.91. The van der Waals surface area contributed by atoms with Crippen molar-refractivity contribution in [2.45, 2.75) is 50.2 Å². The molecule has 1 aromatic carbocycles. The number of aromatic amines is 1. The zero-order chi connectivity index (χ0) is 15.1. The number of benzene rings is 1. The van der Waals surface area contributed by atoms with Crippen molar-refractivity contribution in [3.63, 3.8) is 0 Å². The number of nitrogens with zero attached hydrogens (tertiary/aromatic N) is 1. The monoisotopic (exact) mass is 297 g/mol. The van der Waals surface area contributed by atoms with Crippen LogP contribution in [0.5, 0.6) is 0 Å². The lowest BCUT2D eigenvalue weighted by atomic mass is 9.82. The van der Waals surface area contributed by atoms with Gasteiger partial charge in [0.05, 0.1) is 0 Å². The number of para-hydroxylation sites is 1. The number of rotatable bonds is 2. The molecule has 0 radical (unpaired) electrons. The van der Waals surface area contributed by atoms with Gasteiger partial charge in [0.1, 0.15) is 5.69 Å². The Morgan fingerprint density at radius 1 is 1.23 bits per heavy atom. The summed E-state index contributed by atoms with van der Waals surface area (Å²) in [4.78, 5) is 18.3. The van der Waals surface area contributed by atoms with E-state index in [1.807, 2.05) is 30.3 Å². The van der Waals surface area contributed by atoms with E-state index < -0.39 is 0 Å². The zero-order valence-electron chi connectivity index (χ0n) is 13.0.